The van der Waals surface area contributed by atoms with Crippen molar-refractivity contribution in [3.63, 3.8) is 0 Å². The summed E-state index contributed by atoms with van der Waals surface area (Å²) in [5.74, 6) is 0.513. The van der Waals surface area contributed by atoms with Gasteiger partial charge in [0, 0.05) is 29.4 Å². The molecule has 5 nitrogen and oxygen atoms in total. The number of anilines is 1. The average molecular weight is 399 g/mol. The third-order valence-corrected chi connectivity index (χ3v) is 5.59. The van der Waals surface area contributed by atoms with Crippen molar-refractivity contribution in [3.8, 4) is 5.75 Å². The first-order valence-electron chi connectivity index (χ1n) is 9.96. The highest BCUT2D eigenvalue weighted by Gasteiger charge is 2.32. The largest absolute Gasteiger partial charge is 0.497 e. The molecule has 3 aromatic rings. The predicted molar refractivity (Wildman–Crippen MR) is 121 cm³/mol. The highest BCUT2D eigenvalue weighted by Crippen LogP contribution is 2.29. The number of para-hydroxylation sites is 1. The number of aliphatic imine (C=N–C) groups is 1. The van der Waals surface area contributed by atoms with Gasteiger partial charge in [0.15, 0.2) is 5.78 Å². The molecule has 0 spiro atoms. The van der Waals surface area contributed by atoms with E-state index in [-0.39, 0.29) is 11.8 Å². The van der Waals surface area contributed by atoms with Crippen LogP contribution in [0, 0.1) is 0 Å². The molecule has 30 heavy (non-hydrogen) atoms. The Labute approximate surface area is 176 Å². The van der Waals surface area contributed by atoms with Crippen molar-refractivity contribution >= 4 is 17.2 Å². The molecule has 0 amide bonds. The summed E-state index contributed by atoms with van der Waals surface area (Å²) in [6.07, 6.45) is 0. The van der Waals surface area contributed by atoms with Gasteiger partial charge in [0.1, 0.15) is 5.75 Å². The molecular formula is C25H25N3O2. The van der Waals surface area contributed by atoms with E-state index in [0.717, 1.165) is 22.5 Å². The Hall–Kier alpha value is -3.44. The molecule has 3 aromatic carbocycles. The van der Waals surface area contributed by atoms with Gasteiger partial charge in [-0.2, -0.15) is 0 Å². The van der Waals surface area contributed by atoms with Crippen molar-refractivity contribution in [1.29, 1.82) is 0 Å². The van der Waals surface area contributed by atoms with Gasteiger partial charge in [-0.15, -0.1) is 0 Å². The number of methoxy groups -OCH3 is 1. The number of nitrogens with two attached hydrogens (primary N) is 1. The number of Topliss-reactive ketones (excluding diaryl/α,β-unsaturated/α-hetero) is 1. The van der Waals surface area contributed by atoms with Gasteiger partial charge in [0.2, 0.25) is 0 Å². The van der Waals surface area contributed by atoms with Gasteiger partial charge in [0.25, 0.3) is 0 Å². The standard InChI is InChI=1S/C25H25N3O2/c1-28-21-14-7-6-13-20(21)24(17-9-4-3-5-10-17)27-16-22(28)23(26)25(29)18-11-8-12-19(15-18)30-2/h3-15,22-23H,16,26H2,1-2H3. The van der Waals surface area contributed by atoms with Gasteiger partial charge < -0.3 is 15.4 Å². The van der Waals surface area contributed by atoms with Crippen molar-refractivity contribution in [3.05, 3.63) is 95.6 Å². The minimum Gasteiger partial charge on any atom is -0.497 e. The van der Waals surface area contributed by atoms with Gasteiger partial charge in [-0.1, -0.05) is 60.7 Å². The van der Waals surface area contributed by atoms with E-state index in [2.05, 4.69) is 29.2 Å². The van der Waals surface area contributed by atoms with Gasteiger partial charge >= 0.3 is 0 Å². The second-order valence-corrected chi connectivity index (χ2v) is 7.37. The molecular weight excluding hydrogens is 374 g/mol. The molecule has 1 aliphatic heterocycles. The number of likely N-dealkylation sites (N-methyl/N-ethyl adjacent to an activating group) is 1. The van der Waals surface area contributed by atoms with Gasteiger partial charge in [-0.25, -0.2) is 0 Å². The van der Waals surface area contributed by atoms with Crippen LogP contribution < -0.4 is 15.4 Å². The van der Waals surface area contributed by atoms with E-state index in [1.807, 2.05) is 43.4 Å². The van der Waals surface area contributed by atoms with E-state index in [1.54, 1.807) is 25.3 Å². The summed E-state index contributed by atoms with van der Waals surface area (Å²) in [5, 5.41) is 0. The highest BCUT2D eigenvalue weighted by atomic mass is 16.5. The fourth-order valence-corrected chi connectivity index (χ4v) is 3.89. The van der Waals surface area contributed by atoms with Gasteiger partial charge in [-0.05, 0) is 18.2 Å². The number of ether oxygens (including phenoxy) is 1. The van der Waals surface area contributed by atoms with E-state index in [9.17, 15) is 4.79 Å². The zero-order chi connectivity index (χ0) is 21.1. The molecule has 1 aliphatic rings. The van der Waals surface area contributed by atoms with Crippen molar-refractivity contribution in [2.75, 3.05) is 25.6 Å². The fraction of sp³-hybridized carbons (Fsp3) is 0.200. The fourth-order valence-electron chi connectivity index (χ4n) is 3.89. The first kappa shape index (κ1) is 19.9. The third-order valence-electron chi connectivity index (χ3n) is 5.59. The number of nitrogens with zero attached hydrogens (tertiary/aromatic N) is 2. The lowest BCUT2D eigenvalue weighted by Gasteiger charge is -2.32. The summed E-state index contributed by atoms with van der Waals surface area (Å²) in [4.78, 5) is 20.2. The van der Waals surface area contributed by atoms with Crippen LogP contribution in [0.2, 0.25) is 0 Å². The molecule has 0 fully saturated rings. The number of carbonyl (C=O) groups excluding carboxylic acids is 1. The molecule has 152 valence electrons. The molecule has 0 saturated heterocycles. The average Bonchev–Trinajstić information content (AvgIpc) is 2.95. The Bertz CT molecular complexity index is 1080. The molecule has 0 bridgehead atoms. The Kier molecular flexibility index (Phi) is 5.63. The monoisotopic (exact) mass is 399 g/mol. The maximum Gasteiger partial charge on any atom is 0.181 e. The lowest BCUT2D eigenvalue weighted by molar-refractivity contribution is 0.0949. The summed E-state index contributed by atoms with van der Waals surface area (Å²) in [5.41, 5.74) is 11.1. The molecule has 2 unspecified atom stereocenters. The van der Waals surface area contributed by atoms with Crippen LogP contribution in [0.15, 0.2) is 83.9 Å². The van der Waals surface area contributed by atoms with Crippen LogP contribution in [-0.2, 0) is 0 Å². The lowest BCUT2D eigenvalue weighted by Crippen LogP contribution is -2.52. The van der Waals surface area contributed by atoms with Gasteiger partial charge in [-0.3, -0.25) is 9.79 Å². The first-order chi connectivity index (χ1) is 14.6. The molecule has 1 heterocycles. The third kappa shape index (κ3) is 3.72. The number of ketones is 1. The van der Waals surface area contributed by atoms with Crippen LogP contribution in [0.3, 0.4) is 0 Å². The van der Waals surface area contributed by atoms with E-state index in [4.69, 9.17) is 15.5 Å². The Balaban J connectivity index is 1.71. The summed E-state index contributed by atoms with van der Waals surface area (Å²) >= 11 is 0. The van der Waals surface area contributed by atoms with E-state index in [0.29, 0.717) is 17.9 Å². The van der Waals surface area contributed by atoms with Crippen LogP contribution in [0.1, 0.15) is 21.5 Å². The van der Waals surface area contributed by atoms with Crippen molar-refractivity contribution in [2.45, 2.75) is 12.1 Å². The molecule has 5 heteroatoms. The summed E-state index contributed by atoms with van der Waals surface area (Å²) in [6.45, 7) is 0.423. The highest BCUT2D eigenvalue weighted by molar-refractivity contribution is 6.16. The smallest absolute Gasteiger partial charge is 0.181 e. The maximum atomic E-state index is 13.2. The van der Waals surface area contributed by atoms with Crippen LogP contribution >= 0.6 is 0 Å². The molecule has 2 atom stereocenters. The van der Waals surface area contributed by atoms with E-state index in [1.165, 1.54) is 0 Å². The summed E-state index contributed by atoms with van der Waals surface area (Å²) in [7, 11) is 3.56. The number of rotatable bonds is 5. The molecule has 0 saturated carbocycles. The normalized spacial score (nSPS) is 16.8. The van der Waals surface area contributed by atoms with Crippen LogP contribution in [0.4, 0.5) is 5.69 Å². The Morgan fingerprint density at radius 3 is 2.57 bits per heavy atom. The molecule has 2 N–H and O–H groups in total. The van der Waals surface area contributed by atoms with Crippen molar-refractivity contribution in [1.82, 2.24) is 0 Å². The number of benzodiazepines with no additional fused rings is 1. The van der Waals surface area contributed by atoms with Gasteiger partial charge in [0.05, 0.1) is 31.4 Å². The predicted octanol–water partition coefficient (Wildman–Crippen LogP) is 3.56. The zero-order valence-corrected chi connectivity index (χ0v) is 17.2. The summed E-state index contributed by atoms with van der Waals surface area (Å²) < 4.78 is 5.26. The quantitative estimate of drug-likeness (QED) is 0.666. The Morgan fingerprint density at radius 1 is 1.07 bits per heavy atom. The van der Waals surface area contributed by atoms with Crippen LogP contribution in [0.5, 0.6) is 5.75 Å². The van der Waals surface area contributed by atoms with Crippen molar-refractivity contribution in [2.24, 2.45) is 10.7 Å². The number of fused-ring (bicyclic) bond motifs is 1. The SMILES string of the molecule is COc1cccc(C(=O)C(N)C2CN=C(c3ccccc3)c3ccccc3N2C)c1. The number of carbonyl (C=O) groups is 1. The maximum absolute atomic E-state index is 13.2. The minimum atomic E-state index is -0.728. The zero-order valence-electron chi connectivity index (χ0n) is 17.2. The van der Waals surface area contributed by atoms with E-state index >= 15 is 0 Å². The number of benzene rings is 3. The van der Waals surface area contributed by atoms with E-state index < -0.39 is 6.04 Å². The Morgan fingerprint density at radius 2 is 1.80 bits per heavy atom. The molecule has 0 radical (unpaired) electrons. The molecule has 4 rings (SSSR count). The minimum absolute atomic E-state index is 0.124. The molecule has 0 aromatic heterocycles. The van der Waals surface area contributed by atoms with Crippen LogP contribution in [-0.4, -0.2) is 44.3 Å². The number of hydrogen-bond donors (Lipinski definition) is 1. The topological polar surface area (TPSA) is 67.9 Å². The first-order valence-corrected chi connectivity index (χ1v) is 9.96. The van der Waals surface area contributed by atoms with Crippen LogP contribution in [0.25, 0.3) is 0 Å². The van der Waals surface area contributed by atoms with Crippen molar-refractivity contribution < 1.29 is 9.53 Å². The second kappa shape index (κ2) is 8.51. The lowest BCUT2D eigenvalue weighted by atomic mass is 9.96. The second-order valence-electron chi connectivity index (χ2n) is 7.37. The number of hydrogen-bond acceptors (Lipinski definition) is 5. The summed E-state index contributed by atoms with van der Waals surface area (Å²) in [6, 6.07) is 24.3. The molecule has 0 aliphatic carbocycles.